The highest BCUT2D eigenvalue weighted by molar-refractivity contribution is 6.02. The van der Waals surface area contributed by atoms with Crippen LogP contribution in [-0.4, -0.2) is 30.0 Å². The molecule has 2 rings (SSSR count). The first-order valence-corrected chi connectivity index (χ1v) is 3.96. The fourth-order valence-electron chi connectivity index (χ4n) is 0.879. The van der Waals surface area contributed by atoms with E-state index in [9.17, 15) is 9.59 Å². The molecule has 1 spiro atoms. The second-order valence-electron chi connectivity index (χ2n) is 2.66. The van der Waals surface area contributed by atoms with Gasteiger partial charge in [0.05, 0.1) is 11.1 Å². The smallest absolute Gasteiger partial charge is 0.286 e. The van der Waals surface area contributed by atoms with E-state index in [4.69, 9.17) is 9.68 Å². The van der Waals surface area contributed by atoms with Crippen LogP contribution in [0.4, 0.5) is 0 Å². The van der Waals surface area contributed by atoms with Crippen molar-refractivity contribution in [3.8, 4) is 0 Å². The Morgan fingerprint density at radius 1 is 1.00 bits per heavy atom. The Balaban J connectivity index is 2.16. The van der Waals surface area contributed by atoms with Crippen molar-refractivity contribution in [1.82, 2.24) is 0 Å². The topological polar surface area (TPSA) is 77.3 Å². The van der Waals surface area contributed by atoms with Gasteiger partial charge in [-0.25, -0.2) is 9.68 Å². The van der Waals surface area contributed by atoms with Crippen molar-refractivity contribution in [3.05, 3.63) is 23.7 Å². The second-order valence-corrected chi connectivity index (χ2v) is 2.66. The molecule has 0 aromatic heterocycles. The van der Waals surface area contributed by atoms with E-state index in [0.29, 0.717) is 12.6 Å². The van der Waals surface area contributed by atoms with E-state index in [1.165, 1.54) is 12.4 Å². The number of aldehydes is 2. The van der Waals surface area contributed by atoms with Crippen LogP contribution in [0.5, 0.6) is 0 Å². The lowest BCUT2D eigenvalue weighted by Crippen LogP contribution is -2.38. The summed E-state index contributed by atoms with van der Waals surface area (Å²) < 4.78 is 0. The van der Waals surface area contributed by atoms with Crippen molar-refractivity contribution in [2.45, 2.75) is 0 Å². The summed E-state index contributed by atoms with van der Waals surface area (Å²) >= 11 is 0. The van der Waals surface area contributed by atoms with Crippen molar-refractivity contribution in [2.24, 2.45) is 10.2 Å². The van der Waals surface area contributed by atoms with Crippen LogP contribution in [0.25, 0.3) is 0 Å². The molecule has 0 radical (unpaired) electrons. The SMILES string of the molecule is O=CC1=CO[N+]2(N=C1)N=CC(C=O)=CO2. The van der Waals surface area contributed by atoms with E-state index in [-0.39, 0.29) is 11.1 Å². The van der Waals surface area contributed by atoms with E-state index >= 15 is 0 Å². The molecular formula is C8H6N3O4+. The maximum atomic E-state index is 10.3. The minimum absolute atomic E-state index is 0.266. The van der Waals surface area contributed by atoms with E-state index < -0.39 is 5.03 Å². The summed E-state index contributed by atoms with van der Waals surface area (Å²) in [6, 6.07) is 0. The molecule has 2 aliphatic heterocycles. The van der Waals surface area contributed by atoms with E-state index in [1.807, 2.05) is 0 Å². The van der Waals surface area contributed by atoms with Gasteiger partial charge in [0.25, 0.3) is 5.03 Å². The van der Waals surface area contributed by atoms with Gasteiger partial charge in [-0.1, -0.05) is 0 Å². The monoisotopic (exact) mass is 208 g/mol. The van der Waals surface area contributed by atoms with Crippen LogP contribution in [0.15, 0.2) is 33.9 Å². The molecule has 2 heterocycles. The molecule has 0 fully saturated rings. The van der Waals surface area contributed by atoms with Crippen LogP contribution in [0.3, 0.4) is 0 Å². The Morgan fingerprint density at radius 3 is 1.73 bits per heavy atom. The van der Waals surface area contributed by atoms with Crippen molar-refractivity contribution >= 4 is 25.0 Å². The molecule has 0 atom stereocenters. The van der Waals surface area contributed by atoms with Gasteiger partial charge >= 0.3 is 0 Å². The summed E-state index contributed by atoms with van der Waals surface area (Å²) in [4.78, 5) is 30.6. The van der Waals surface area contributed by atoms with Crippen molar-refractivity contribution in [1.29, 1.82) is 0 Å². The van der Waals surface area contributed by atoms with Crippen molar-refractivity contribution in [2.75, 3.05) is 0 Å². The predicted octanol–water partition coefficient (Wildman–Crippen LogP) is -0.169. The Hall–Kier alpha value is -2.28. The fraction of sp³-hybridized carbons (Fsp3) is 0. The predicted molar refractivity (Wildman–Crippen MR) is 47.7 cm³/mol. The van der Waals surface area contributed by atoms with Crippen LogP contribution < -0.4 is 0 Å². The number of nitrogens with zero attached hydrogens (tertiary/aromatic N) is 3. The Morgan fingerprint density at radius 2 is 1.47 bits per heavy atom. The minimum atomic E-state index is -0.839. The summed E-state index contributed by atoms with van der Waals surface area (Å²) in [6.45, 7) is 0. The van der Waals surface area contributed by atoms with Crippen LogP contribution >= 0.6 is 0 Å². The number of hydrogen-bond acceptors (Lipinski definition) is 6. The maximum absolute atomic E-state index is 10.3. The molecule has 76 valence electrons. The molecule has 0 saturated heterocycles. The molecule has 2 aliphatic rings. The molecule has 0 bridgehead atoms. The summed E-state index contributed by atoms with van der Waals surface area (Å²) in [5.74, 6) is 0. The summed E-state index contributed by atoms with van der Waals surface area (Å²) in [6.07, 6.45) is 6.01. The van der Waals surface area contributed by atoms with Crippen LogP contribution in [0.2, 0.25) is 0 Å². The highest BCUT2D eigenvalue weighted by Gasteiger charge is 2.37. The number of allylic oxidation sites excluding steroid dienone is 2. The number of rotatable bonds is 2. The zero-order chi connectivity index (χ0) is 10.7. The van der Waals surface area contributed by atoms with Crippen molar-refractivity contribution < 1.29 is 24.3 Å². The minimum Gasteiger partial charge on any atom is -0.298 e. The van der Waals surface area contributed by atoms with Gasteiger partial charge in [-0.15, -0.1) is 0 Å². The van der Waals surface area contributed by atoms with Gasteiger partial charge in [0.2, 0.25) is 0 Å². The van der Waals surface area contributed by atoms with Gasteiger partial charge in [0.1, 0.15) is 12.4 Å². The Bertz CT molecular complexity index is 382. The van der Waals surface area contributed by atoms with Gasteiger partial charge in [-0.05, 0) is 0 Å². The third-order valence-electron chi connectivity index (χ3n) is 1.63. The van der Waals surface area contributed by atoms with Gasteiger partial charge in [-0.3, -0.25) is 9.59 Å². The van der Waals surface area contributed by atoms with Crippen molar-refractivity contribution in [3.63, 3.8) is 0 Å². The van der Waals surface area contributed by atoms with Gasteiger partial charge in [-0.2, -0.15) is 0 Å². The zero-order valence-corrected chi connectivity index (χ0v) is 7.44. The number of carbonyl (C=O) groups excluding carboxylic acids is 2. The number of quaternary nitrogens is 1. The highest BCUT2D eigenvalue weighted by atomic mass is 17.1. The third kappa shape index (κ3) is 1.67. The molecule has 0 amide bonds. The first kappa shape index (κ1) is 9.28. The first-order valence-electron chi connectivity index (χ1n) is 3.96. The molecular weight excluding hydrogens is 202 g/mol. The van der Waals surface area contributed by atoms with E-state index in [0.717, 1.165) is 12.5 Å². The fourth-order valence-corrected chi connectivity index (χ4v) is 0.879. The third-order valence-corrected chi connectivity index (χ3v) is 1.63. The molecule has 0 aromatic rings. The quantitative estimate of drug-likeness (QED) is 0.466. The lowest BCUT2D eigenvalue weighted by atomic mass is 10.4. The molecule has 7 nitrogen and oxygen atoms in total. The number of carbonyl (C=O) groups is 2. The van der Waals surface area contributed by atoms with E-state index in [2.05, 4.69) is 10.2 Å². The molecule has 0 unspecified atom stereocenters. The lowest BCUT2D eigenvalue weighted by Gasteiger charge is -2.20. The molecule has 7 heteroatoms. The zero-order valence-electron chi connectivity index (χ0n) is 7.44. The average molecular weight is 208 g/mol. The lowest BCUT2D eigenvalue weighted by molar-refractivity contribution is -1.24. The van der Waals surface area contributed by atoms with Crippen LogP contribution in [0, 0.1) is 0 Å². The number of hydrogen-bond donors (Lipinski definition) is 0. The average Bonchev–Trinajstić information content (AvgIpc) is 2.31. The van der Waals surface area contributed by atoms with Gasteiger partial charge in [0, 0.05) is 10.2 Å². The summed E-state index contributed by atoms with van der Waals surface area (Å²) in [5.41, 5.74) is 0.533. The van der Waals surface area contributed by atoms with Gasteiger partial charge in [0.15, 0.2) is 25.1 Å². The Labute approximate surface area is 84.1 Å². The van der Waals surface area contributed by atoms with Crippen LogP contribution in [0.1, 0.15) is 0 Å². The standard InChI is InChI=1S/C8H6N3O4/c12-3-7-1-9-11(14-5-7)10-2-8(4-13)6-15-11/h1-6H/q+1. The van der Waals surface area contributed by atoms with Crippen LogP contribution in [-0.2, 0) is 19.3 Å². The first-order chi connectivity index (χ1) is 7.28. The van der Waals surface area contributed by atoms with Gasteiger partial charge < -0.3 is 0 Å². The van der Waals surface area contributed by atoms with E-state index in [1.54, 1.807) is 0 Å². The molecule has 0 aliphatic carbocycles. The normalized spacial score (nSPS) is 21.1. The summed E-state index contributed by atoms with van der Waals surface area (Å²) in [7, 11) is 0. The molecule has 0 saturated carbocycles. The molecule has 15 heavy (non-hydrogen) atoms. The maximum Gasteiger partial charge on any atom is 0.286 e. The second kappa shape index (κ2) is 3.46. The largest absolute Gasteiger partial charge is 0.298 e. The summed E-state index contributed by atoms with van der Waals surface area (Å²) in [5, 5.41) is 6.66. The molecule has 0 N–H and O–H groups in total. The highest BCUT2D eigenvalue weighted by Crippen LogP contribution is 2.20. The Kier molecular flexibility index (Phi) is 2.14. The molecule has 0 aromatic carbocycles.